The lowest BCUT2D eigenvalue weighted by molar-refractivity contribution is 0.0624. The van der Waals surface area contributed by atoms with Gasteiger partial charge in [0.25, 0.3) is 11.8 Å². The highest BCUT2D eigenvalue weighted by atomic mass is 16.6. The van der Waals surface area contributed by atoms with Crippen molar-refractivity contribution in [2.75, 3.05) is 32.7 Å². The number of nitrogens with one attached hydrogen (secondary N) is 4. The van der Waals surface area contributed by atoms with Crippen LogP contribution in [0.15, 0.2) is 133 Å². The predicted molar refractivity (Wildman–Crippen MR) is 230 cm³/mol. The Hall–Kier alpha value is -6.82. The number of ether oxygens (including phenoxy) is 2. The van der Waals surface area contributed by atoms with E-state index in [0.717, 1.165) is 5.69 Å². The monoisotopic (exact) mass is 764 g/mol. The normalized spacial score (nSPS) is 10.1. The summed E-state index contributed by atoms with van der Waals surface area (Å²) in [5, 5.41) is 10.8. The van der Waals surface area contributed by atoms with Crippen LogP contribution in [0.2, 0.25) is 0 Å². The van der Waals surface area contributed by atoms with Gasteiger partial charge in [0.05, 0.1) is 0 Å². The Bertz CT molecular complexity index is 1940. The first kappa shape index (κ1) is 47.2. The number of anilines is 6. The molecule has 0 radical (unpaired) electrons. The molecule has 0 aliphatic heterocycles. The molecule has 0 aliphatic rings. The topological polar surface area (TPSA) is 187 Å². The molecule has 8 N–H and O–H groups in total. The molecule has 0 unspecified atom stereocenters. The summed E-state index contributed by atoms with van der Waals surface area (Å²) in [6, 6.07) is 38.8. The summed E-state index contributed by atoms with van der Waals surface area (Å²) < 4.78 is 10.3. The third-order valence-corrected chi connectivity index (χ3v) is 6.58. The second-order valence-corrected chi connectivity index (χ2v) is 13.7. The van der Waals surface area contributed by atoms with Crippen molar-refractivity contribution in [1.82, 2.24) is 0 Å². The highest BCUT2D eigenvalue weighted by Gasteiger charge is 2.17. The summed E-state index contributed by atoms with van der Waals surface area (Å²) in [5.41, 5.74) is 15.2. The largest absolute Gasteiger partial charge is 0.444 e. The van der Waals surface area contributed by atoms with Crippen LogP contribution in [0.25, 0.3) is 0 Å². The van der Waals surface area contributed by atoms with Gasteiger partial charge in [-0.05, 0) is 139 Å². The molecule has 0 aliphatic carbocycles. The van der Waals surface area contributed by atoms with Crippen molar-refractivity contribution in [3.63, 3.8) is 0 Å². The SMILES string of the molecule is C.C.CC(C)(C)OC(=O)Nc1ccc(N)cc1.CC(C)(C)OC(=O)Nc1ccc(NC(=O)c2ccccc2)cc1.Nc1ccc(NC(=O)c2ccccc2)cc1. The molecule has 0 aromatic heterocycles. The molecule has 5 rings (SSSR count). The smallest absolute Gasteiger partial charge is 0.412 e. The van der Waals surface area contributed by atoms with Crippen LogP contribution < -0.4 is 32.7 Å². The Kier molecular flexibility index (Phi) is 18.9. The molecule has 0 fully saturated rings. The fourth-order valence-corrected chi connectivity index (χ4v) is 4.20. The molecule has 0 atom stereocenters. The molecule has 56 heavy (non-hydrogen) atoms. The zero-order valence-corrected chi connectivity index (χ0v) is 31.3. The van der Waals surface area contributed by atoms with Gasteiger partial charge in [0.15, 0.2) is 0 Å². The quantitative estimate of drug-likeness (QED) is 0.0921. The third kappa shape index (κ3) is 18.8. The maximum absolute atomic E-state index is 12.0. The van der Waals surface area contributed by atoms with Gasteiger partial charge in [-0.1, -0.05) is 51.3 Å². The average molecular weight is 765 g/mol. The molecule has 12 nitrogen and oxygen atoms in total. The molecule has 298 valence electrons. The van der Waals surface area contributed by atoms with Crippen molar-refractivity contribution in [3.05, 3.63) is 145 Å². The van der Waals surface area contributed by atoms with Gasteiger partial charge in [-0.25, -0.2) is 9.59 Å². The van der Waals surface area contributed by atoms with Crippen molar-refractivity contribution < 1.29 is 28.7 Å². The third-order valence-electron chi connectivity index (χ3n) is 6.58. The summed E-state index contributed by atoms with van der Waals surface area (Å²) in [4.78, 5) is 46.8. The van der Waals surface area contributed by atoms with Crippen LogP contribution in [0.5, 0.6) is 0 Å². The average Bonchev–Trinajstić information content (AvgIpc) is 3.11. The number of amides is 4. The number of rotatable bonds is 6. The van der Waals surface area contributed by atoms with Crippen molar-refractivity contribution >= 4 is 58.1 Å². The lowest BCUT2D eigenvalue weighted by Crippen LogP contribution is -2.27. The Morgan fingerprint density at radius 3 is 0.929 bits per heavy atom. The Balaban J connectivity index is 0.000000425. The molecule has 4 amide bonds. The summed E-state index contributed by atoms with van der Waals surface area (Å²) in [6.45, 7) is 10.8. The van der Waals surface area contributed by atoms with E-state index in [9.17, 15) is 19.2 Å². The molecule has 5 aromatic carbocycles. The van der Waals surface area contributed by atoms with Gasteiger partial charge in [-0.2, -0.15) is 0 Å². The molecule has 0 saturated carbocycles. The number of carbonyl (C=O) groups excluding carboxylic acids is 4. The van der Waals surface area contributed by atoms with Crippen LogP contribution in [0.1, 0.15) is 77.1 Å². The van der Waals surface area contributed by atoms with E-state index in [1.807, 2.05) is 57.2 Å². The van der Waals surface area contributed by atoms with E-state index in [1.54, 1.807) is 118 Å². The number of carbonyl (C=O) groups is 4. The fraction of sp³-hybridized carbons (Fsp3) is 0.227. The first-order valence-electron chi connectivity index (χ1n) is 17.0. The van der Waals surface area contributed by atoms with Crippen molar-refractivity contribution in [3.8, 4) is 0 Å². The van der Waals surface area contributed by atoms with Crippen LogP contribution in [0.4, 0.5) is 43.7 Å². The highest BCUT2D eigenvalue weighted by molar-refractivity contribution is 6.05. The lowest BCUT2D eigenvalue weighted by atomic mass is 10.2. The molecule has 5 aromatic rings. The predicted octanol–water partition coefficient (Wildman–Crippen LogP) is 10.7. The van der Waals surface area contributed by atoms with E-state index in [-0.39, 0.29) is 26.7 Å². The van der Waals surface area contributed by atoms with Crippen LogP contribution in [-0.4, -0.2) is 35.2 Å². The lowest BCUT2D eigenvalue weighted by Gasteiger charge is -2.19. The number of benzene rings is 5. The second kappa shape index (κ2) is 22.4. The summed E-state index contributed by atoms with van der Waals surface area (Å²) in [7, 11) is 0. The zero-order valence-electron chi connectivity index (χ0n) is 31.3. The van der Waals surface area contributed by atoms with Crippen LogP contribution in [0, 0.1) is 0 Å². The summed E-state index contributed by atoms with van der Waals surface area (Å²) >= 11 is 0. The first-order valence-corrected chi connectivity index (χ1v) is 17.0. The first-order chi connectivity index (χ1) is 25.5. The van der Waals surface area contributed by atoms with E-state index in [2.05, 4.69) is 21.3 Å². The maximum Gasteiger partial charge on any atom is 0.412 e. The van der Waals surface area contributed by atoms with E-state index in [4.69, 9.17) is 20.9 Å². The second-order valence-electron chi connectivity index (χ2n) is 13.7. The minimum Gasteiger partial charge on any atom is -0.444 e. The minimum absolute atomic E-state index is 0. The maximum atomic E-state index is 12.0. The van der Waals surface area contributed by atoms with E-state index in [0.29, 0.717) is 39.6 Å². The molecule has 0 spiro atoms. The Labute approximate surface area is 331 Å². The molecular formula is C44H56N6O6. The molecule has 0 heterocycles. The number of hydrogen-bond donors (Lipinski definition) is 6. The van der Waals surface area contributed by atoms with Crippen molar-refractivity contribution in [2.24, 2.45) is 0 Å². The summed E-state index contributed by atoms with van der Waals surface area (Å²) in [5.74, 6) is -0.302. The van der Waals surface area contributed by atoms with Crippen LogP contribution in [0.3, 0.4) is 0 Å². The van der Waals surface area contributed by atoms with Gasteiger partial charge in [0.1, 0.15) is 11.2 Å². The Morgan fingerprint density at radius 1 is 0.411 bits per heavy atom. The number of hydrogen-bond acceptors (Lipinski definition) is 8. The van der Waals surface area contributed by atoms with Gasteiger partial charge < -0.3 is 31.6 Å². The van der Waals surface area contributed by atoms with E-state index in [1.165, 1.54) is 0 Å². The van der Waals surface area contributed by atoms with Gasteiger partial charge in [-0.15, -0.1) is 0 Å². The van der Waals surface area contributed by atoms with Gasteiger partial charge in [0, 0.05) is 45.3 Å². The highest BCUT2D eigenvalue weighted by Crippen LogP contribution is 2.17. The molecular weight excluding hydrogens is 709 g/mol. The van der Waals surface area contributed by atoms with Gasteiger partial charge >= 0.3 is 12.2 Å². The van der Waals surface area contributed by atoms with Gasteiger partial charge in [0.2, 0.25) is 0 Å². The number of nitrogen functional groups attached to an aromatic ring is 2. The summed E-state index contributed by atoms with van der Waals surface area (Å²) in [6.07, 6.45) is -0.981. The molecule has 12 heteroatoms. The van der Waals surface area contributed by atoms with Crippen molar-refractivity contribution in [2.45, 2.75) is 67.6 Å². The Morgan fingerprint density at radius 2 is 0.661 bits per heavy atom. The number of nitrogens with two attached hydrogens (primary N) is 2. The van der Waals surface area contributed by atoms with E-state index >= 15 is 0 Å². The van der Waals surface area contributed by atoms with Crippen LogP contribution in [-0.2, 0) is 9.47 Å². The fourth-order valence-electron chi connectivity index (χ4n) is 4.20. The van der Waals surface area contributed by atoms with E-state index < -0.39 is 23.4 Å². The molecule has 0 bridgehead atoms. The zero-order chi connectivity index (χ0) is 39.7. The minimum atomic E-state index is -0.548. The standard InChI is InChI=1S/C18H20N2O3.C13H12N2O.C11H16N2O2.2CH4/c1-18(2,3)23-17(22)20-15-11-9-14(10-12-15)19-16(21)13-7-5-4-6-8-13;14-11-6-8-12(9-7-11)15-13(16)10-4-2-1-3-5-10;1-11(2,3)15-10(14)13-9-6-4-8(12)5-7-9;;/h4-12H,1-3H3,(H,19,21)(H,20,22);1-9H,14H2,(H,15,16);4-7H,12H2,1-3H3,(H,13,14);2*1H4. The van der Waals surface area contributed by atoms with Crippen LogP contribution >= 0.6 is 0 Å². The van der Waals surface area contributed by atoms with Crippen molar-refractivity contribution in [1.29, 1.82) is 0 Å². The van der Waals surface area contributed by atoms with Gasteiger partial charge in [-0.3, -0.25) is 20.2 Å². The molecule has 0 saturated heterocycles.